The largest absolute Gasteiger partial charge is 0.735 e. The van der Waals surface area contributed by atoms with Crippen LogP contribution >= 0.6 is 0 Å². The van der Waals surface area contributed by atoms with Crippen LogP contribution in [0.15, 0.2) is 0 Å². The maximum Gasteiger partial charge on any atom is 0.333 e. The number of nitrogens with one attached hydrogen (secondary N) is 1. The van der Waals surface area contributed by atoms with Gasteiger partial charge in [-0.15, -0.1) is 0 Å². The van der Waals surface area contributed by atoms with Crippen LogP contribution in [0.3, 0.4) is 0 Å². The molecule has 10 atom stereocenters. The van der Waals surface area contributed by atoms with Gasteiger partial charge in [-0.2, -0.15) is 0 Å². The van der Waals surface area contributed by atoms with Crippen molar-refractivity contribution in [3.05, 3.63) is 0 Å². The quantitative estimate of drug-likeness (QED) is 0.143. The van der Waals surface area contributed by atoms with Gasteiger partial charge in [0.05, 0.1) is 50.8 Å². The van der Waals surface area contributed by atoms with Crippen LogP contribution < -0.4 is 4.72 Å². The highest BCUT2D eigenvalue weighted by atomic mass is 32.3. The molecule has 0 saturated carbocycles. The predicted octanol–water partition coefficient (Wildman–Crippen LogP) is -2.36. The second-order valence-corrected chi connectivity index (χ2v) is 11.4. The molecule has 2 saturated heterocycles. The number of aliphatic hydroxyl groups is 2. The van der Waals surface area contributed by atoms with E-state index in [-0.39, 0.29) is 31.7 Å². The van der Waals surface area contributed by atoms with Crippen molar-refractivity contribution in [2.24, 2.45) is 29.6 Å². The topological polar surface area (TPSA) is 241 Å². The number of carbonyl (C=O) groups is 1. The first-order chi connectivity index (χ1) is 16.6. The van der Waals surface area contributed by atoms with Gasteiger partial charge in [-0.25, -0.2) is 26.4 Å². The first kappa shape index (κ1) is 31.2. The van der Waals surface area contributed by atoms with Crippen LogP contribution in [-0.2, 0) is 43.9 Å². The maximum absolute atomic E-state index is 11.6. The Morgan fingerprint density at radius 3 is 2.00 bits per heavy atom. The van der Waals surface area contributed by atoms with Crippen molar-refractivity contribution in [3.8, 4) is 0 Å². The van der Waals surface area contributed by atoms with Gasteiger partial charge in [0.25, 0.3) is 0 Å². The summed E-state index contributed by atoms with van der Waals surface area (Å²) in [6.45, 7) is 2.97. The van der Waals surface area contributed by atoms with Crippen molar-refractivity contribution in [2.75, 3.05) is 33.0 Å². The fourth-order valence-corrected chi connectivity index (χ4v) is 5.87. The smallest absolute Gasteiger partial charge is 0.333 e. The molecule has 2 fully saturated rings. The van der Waals surface area contributed by atoms with Gasteiger partial charge in [0.1, 0.15) is 0 Å². The lowest BCUT2D eigenvalue weighted by Crippen LogP contribution is -2.60. The molecule has 0 aliphatic carbocycles. The molecule has 2 heterocycles. The van der Waals surface area contributed by atoms with Crippen LogP contribution in [0.1, 0.15) is 20.8 Å². The summed E-state index contributed by atoms with van der Waals surface area (Å²) in [5.41, 5.74) is 0. The minimum Gasteiger partial charge on any atom is -0.735 e. The molecule has 36 heavy (non-hydrogen) atoms. The van der Waals surface area contributed by atoms with Crippen LogP contribution in [0.2, 0.25) is 0 Å². The van der Waals surface area contributed by atoms with Gasteiger partial charge in [0, 0.05) is 18.4 Å². The summed E-state index contributed by atoms with van der Waals surface area (Å²) >= 11 is 0. The van der Waals surface area contributed by atoms with E-state index in [1.165, 1.54) is 6.92 Å². The Labute approximate surface area is 209 Å². The van der Waals surface area contributed by atoms with Crippen LogP contribution in [0.25, 0.3) is 0 Å². The number of carboxylic acid groups (broad SMARTS) is 1. The number of hydrogen-bond donors (Lipinski definition) is 4. The molecule has 0 radical (unpaired) electrons. The number of aliphatic carboxylic acids is 1. The molecule has 0 aromatic carbocycles. The first-order valence-electron chi connectivity index (χ1n) is 11.3. The summed E-state index contributed by atoms with van der Waals surface area (Å²) in [5.74, 6) is -3.85. The molecule has 2 aliphatic rings. The summed E-state index contributed by atoms with van der Waals surface area (Å²) < 4.78 is 90.0. The second kappa shape index (κ2) is 12.7. The molecule has 0 amide bonds. The average Bonchev–Trinajstić information content (AvgIpc) is 2.76. The van der Waals surface area contributed by atoms with Crippen molar-refractivity contribution in [1.29, 1.82) is 0 Å². The van der Waals surface area contributed by atoms with Gasteiger partial charge in [-0.3, -0.25) is 4.18 Å². The average molecular weight is 564 g/mol. The Balaban J connectivity index is 2.17. The summed E-state index contributed by atoms with van der Waals surface area (Å²) in [7, 11) is -10.0. The van der Waals surface area contributed by atoms with Gasteiger partial charge in [-0.1, -0.05) is 20.8 Å². The van der Waals surface area contributed by atoms with E-state index in [1.807, 2.05) is 11.6 Å². The zero-order valence-electron chi connectivity index (χ0n) is 20.0. The first-order valence-corrected chi connectivity index (χ1v) is 14.0. The van der Waals surface area contributed by atoms with E-state index in [2.05, 4.69) is 4.18 Å². The Bertz CT molecular complexity index is 942. The van der Waals surface area contributed by atoms with E-state index >= 15 is 0 Å². The van der Waals surface area contributed by atoms with Crippen molar-refractivity contribution in [2.45, 2.75) is 51.2 Å². The van der Waals surface area contributed by atoms with E-state index in [9.17, 15) is 46.1 Å². The van der Waals surface area contributed by atoms with Crippen molar-refractivity contribution in [3.63, 3.8) is 0 Å². The normalized spacial score (nSPS) is 38.1. The SMILES string of the molecule is CC1[C@H](COC[C@H]2C(COS(=O)(=O)[O-])O[C@@H](CO)C(NS(=O)(=O)[O-])[C@H]2C)OC(C(=O)O)[C@H](CO)[C@@H]1C. The van der Waals surface area contributed by atoms with E-state index in [4.69, 9.17) is 14.2 Å². The Morgan fingerprint density at radius 1 is 0.861 bits per heavy atom. The van der Waals surface area contributed by atoms with Crippen LogP contribution in [0.5, 0.6) is 0 Å². The Kier molecular flexibility index (Phi) is 11.0. The highest BCUT2D eigenvalue weighted by Crippen LogP contribution is 2.36. The predicted molar refractivity (Wildman–Crippen MR) is 117 cm³/mol. The van der Waals surface area contributed by atoms with E-state index in [1.54, 1.807) is 6.92 Å². The van der Waals surface area contributed by atoms with Crippen molar-refractivity contribution >= 4 is 26.7 Å². The molecular weight excluding hydrogens is 530 g/mol. The third kappa shape index (κ3) is 8.26. The van der Waals surface area contributed by atoms with Gasteiger partial charge < -0.3 is 38.6 Å². The Morgan fingerprint density at radius 2 is 1.50 bits per heavy atom. The molecule has 4 N–H and O–H groups in total. The fourth-order valence-electron chi connectivity index (χ4n) is 4.86. The Hall–Kier alpha value is -0.990. The third-order valence-electron chi connectivity index (χ3n) is 7.15. The number of ether oxygens (including phenoxy) is 3. The molecular formula is C19H33NO14S2-2. The van der Waals surface area contributed by atoms with Crippen LogP contribution in [0.4, 0.5) is 0 Å². The standard InChI is InChI=1S/C19H35NO14S2/c1-9-10(2)15(34-18(19(23)24)12(9)4-21)7-31-6-13-11(3)17(20-35(25,26)27)14(5-22)33-16(13)8-32-36(28,29)30/h9-18,20-22H,4-8H2,1-3H3,(H,23,24)(H,25,26,27)(H,28,29,30)/p-2/t9-,10?,11+,12-,13-,14+,15+,16?,17?,18?/m1/s1. The third-order valence-corrected chi connectivity index (χ3v) is 8.14. The lowest BCUT2D eigenvalue weighted by Gasteiger charge is -2.46. The molecule has 2 rings (SSSR count). The molecule has 17 heteroatoms. The number of rotatable bonds is 12. The molecule has 0 spiro atoms. The zero-order valence-corrected chi connectivity index (χ0v) is 21.6. The molecule has 0 aromatic heterocycles. The van der Waals surface area contributed by atoms with Crippen molar-refractivity contribution < 1.29 is 64.4 Å². The van der Waals surface area contributed by atoms with Gasteiger partial charge in [0.2, 0.25) is 10.4 Å². The van der Waals surface area contributed by atoms with Crippen molar-refractivity contribution in [1.82, 2.24) is 4.72 Å². The second-order valence-electron chi connectivity index (χ2n) is 9.24. The lowest BCUT2D eigenvalue weighted by molar-refractivity contribution is -0.198. The minimum atomic E-state index is -5.09. The van der Waals surface area contributed by atoms with Gasteiger partial charge in [-0.05, 0) is 17.8 Å². The number of hydrogen-bond acceptors (Lipinski definition) is 13. The van der Waals surface area contributed by atoms with E-state index in [0.717, 1.165) is 0 Å². The number of carboxylic acids is 1. The molecule has 0 bridgehead atoms. The highest BCUT2D eigenvalue weighted by molar-refractivity contribution is 7.83. The summed E-state index contributed by atoms with van der Waals surface area (Å²) in [5, 5.41) is 28.7. The molecule has 15 nitrogen and oxygen atoms in total. The fraction of sp³-hybridized carbons (Fsp3) is 0.947. The lowest BCUT2D eigenvalue weighted by atomic mass is 9.76. The van der Waals surface area contributed by atoms with Gasteiger partial charge >= 0.3 is 5.97 Å². The molecule has 212 valence electrons. The monoisotopic (exact) mass is 563 g/mol. The van der Waals surface area contributed by atoms with Crippen LogP contribution in [-0.4, -0.2) is 111 Å². The highest BCUT2D eigenvalue weighted by Gasteiger charge is 2.46. The molecule has 2 aliphatic heterocycles. The van der Waals surface area contributed by atoms with Gasteiger partial charge in [0.15, 0.2) is 16.4 Å². The van der Waals surface area contributed by atoms with E-state index in [0.29, 0.717) is 0 Å². The summed E-state index contributed by atoms with van der Waals surface area (Å²) in [6, 6.07) is -1.20. The van der Waals surface area contributed by atoms with Crippen LogP contribution in [0, 0.1) is 29.6 Å². The number of aliphatic hydroxyl groups excluding tert-OH is 2. The maximum atomic E-state index is 11.6. The molecule has 0 aromatic rings. The minimum absolute atomic E-state index is 0.106. The summed E-state index contributed by atoms with van der Waals surface area (Å²) in [4.78, 5) is 11.6. The summed E-state index contributed by atoms with van der Waals surface area (Å²) in [6.07, 6.45) is -4.31. The molecule has 4 unspecified atom stereocenters. The van der Waals surface area contributed by atoms with E-state index < -0.39 is 88.1 Å². The zero-order chi connectivity index (χ0) is 27.4.